The van der Waals surface area contributed by atoms with Crippen molar-refractivity contribution in [1.29, 1.82) is 0 Å². The molecule has 0 spiro atoms. The molecule has 0 bridgehead atoms. The molecular formula is C16H19N3OS. The minimum atomic E-state index is -0.424. The van der Waals surface area contributed by atoms with Crippen LogP contribution in [0.2, 0.25) is 0 Å². The quantitative estimate of drug-likeness (QED) is 0.881. The Morgan fingerprint density at radius 1 is 1.24 bits per heavy atom. The summed E-state index contributed by atoms with van der Waals surface area (Å²) in [6.07, 6.45) is 1.76. The summed E-state index contributed by atoms with van der Waals surface area (Å²) >= 11 is 1.49. The minimum absolute atomic E-state index is 0.424. The molecule has 1 amide bonds. The second kappa shape index (κ2) is 6.10. The van der Waals surface area contributed by atoms with E-state index in [1.807, 2.05) is 57.1 Å². The van der Waals surface area contributed by atoms with Crippen LogP contribution >= 0.6 is 11.3 Å². The molecule has 0 unspecified atom stereocenters. The number of rotatable bonds is 4. The summed E-state index contributed by atoms with van der Waals surface area (Å²) < 4.78 is 0. The number of anilines is 1. The highest BCUT2D eigenvalue weighted by molar-refractivity contribution is 7.16. The van der Waals surface area contributed by atoms with Gasteiger partial charge in [-0.3, -0.25) is 4.79 Å². The fourth-order valence-corrected chi connectivity index (χ4v) is 2.99. The first-order chi connectivity index (χ1) is 9.90. The molecule has 1 aromatic carbocycles. The van der Waals surface area contributed by atoms with Gasteiger partial charge in [0.05, 0.1) is 5.56 Å². The number of aliphatic imine (C=N–C) groups is 1. The number of amides is 1. The second-order valence-corrected chi connectivity index (χ2v) is 6.28. The van der Waals surface area contributed by atoms with Crippen molar-refractivity contribution in [3.63, 3.8) is 0 Å². The van der Waals surface area contributed by atoms with Crippen LogP contribution in [0.3, 0.4) is 0 Å². The van der Waals surface area contributed by atoms with Gasteiger partial charge in [0.1, 0.15) is 5.00 Å². The standard InChI is InChI=1S/C16H19N3OS/c1-10-11(2)21-16(14(10)15(17)20)18-9-12-5-7-13(8-6-12)19(3)4/h5-9H,1-4H3,(H2,17,20). The molecule has 0 aliphatic heterocycles. The van der Waals surface area contributed by atoms with Crippen LogP contribution in [0, 0.1) is 13.8 Å². The predicted octanol–water partition coefficient (Wildman–Crippen LogP) is 3.28. The maximum Gasteiger partial charge on any atom is 0.252 e. The Balaban J connectivity index is 2.29. The van der Waals surface area contributed by atoms with Crippen molar-refractivity contribution in [3.05, 3.63) is 45.8 Å². The highest BCUT2D eigenvalue weighted by Gasteiger charge is 2.16. The molecule has 5 heteroatoms. The second-order valence-electron chi connectivity index (χ2n) is 5.07. The predicted molar refractivity (Wildman–Crippen MR) is 90.3 cm³/mol. The summed E-state index contributed by atoms with van der Waals surface area (Å²) in [7, 11) is 4.00. The Labute approximate surface area is 128 Å². The van der Waals surface area contributed by atoms with Crippen LogP contribution in [0.25, 0.3) is 0 Å². The molecule has 1 heterocycles. The average molecular weight is 301 g/mol. The largest absolute Gasteiger partial charge is 0.378 e. The van der Waals surface area contributed by atoms with Crippen LogP contribution in [-0.2, 0) is 0 Å². The number of primary amides is 1. The van der Waals surface area contributed by atoms with Gasteiger partial charge < -0.3 is 10.6 Å². The fourth-order valence-electron chi connectivity index (χ4n) is 1.98. The molecule has 2 N–H and O–H groups in total. The van der Waals surface area contributed by atoms with Gasteiger partial charge in [-0.15, -0.1) is 11.3 Å². The Hall–Kier alpha value is -2.14. The van der Waals surface area contributed by atoms with Crippen molar-refractivity contribution >= 4 is 34.1 Å². The Kier molecular flexibility index (Phi) is 4.43. The first-order valence-electron chi connectivity index (χ1n) is 6.61. The number of aryl methyl sites for hydroxylation is 1. The summed E-state index contributed by atoms with van der Waals surface area (Å²) in [4.78, 5) is 19.1. The van der Waals surface area contributed by atoms with Crippen molar-refractivity contribution in [3.8, 4) is 0 Å². The zero-order valence-electron chi connectivity index (χ0n) is 12.7. The van der Waals surface area contributed by atoms with E-state index in [9.17, 15) is 4.79 Å². The molecule has 2 aromatic rings. The van der Waals surface area contributed by atoms with E-state index in [2.05, 4.69) is 4.99 Å². The summed E-state index contributed by atoms with van der Waals surface area (Å²) in [6.45, 7) is 3.87. The number of nitrogens with zero attached hydrogens (tertiary/aromatic N) is 2. The third-order valence-electron chi connectivity index (χ3n) is 3.35. The number of hydrogen-bond donors (Lipinski definition) is 1. The highest BCUT2D eigenvalue weighted by Crippen LogP contribution is 2.34. The van der Waals surface area contributed by atoms with E-state index < -0.39 is 5.91 Å². The lowest BCUT2D eigenvalue weighted by Gasteiger charge is -2.11. The van der Waals surface area contributed by atoms with Crippen molar-refractivity contribution in [1.82, 2.24) is 0 Å². The summed E-state index contributed by atoms with van der Waals surface area (Å²) in [5, 5.41) is 0.675. The van der Waals surface area contributed by atoms with Gasteiger partial charge in [-0.05, 0) is 37.1 Å². The zero-order chi connectivity index (χ0) is 15.6. The van der Waals surface area contributed by atoms with Gasteiger partial charge >= 0.3 is 0 Å². The van der Waals surface area contributed by atoms with Crippen LogP contribution < -0.4 is 10.6 Å². The minimum Gasteiger partial charge on any atom is -0.378 e. The Morgan fingerprint density at radius 3 is 2.38 bits per heavy atom. The van der Waals surface area contributed by atoms with E-state index in [4.69, 9.17) is 5.73 Å². The van der Waals surface area contributed by atoms with Gasteiger partial charge in [0, 0.05) is 30.9 Å². The summed E-state index contributed by atoms with van der Waals surface area (Å²) in [5.74, 6) is -0.424. The van der Waals surface area contributed by atoms with E-state index >= 15 is 0 Å². The number of benzene rings is 1. The first kappa shape index (κ1) is 15.3. The smallest absolute Gasteiger partial charge is 0.252 e. The van der Waals surface area contributed by atoms with Gasteiger partial charge in [0.2, 0.25) is 0 Å². The highest BCUT2D eigenvalue weighted by atomic mass is 32.1. The number of carbonyl (C=O) groups excluding carboxylic acids is 1. The molecule has 1 aromatic heterocycles. The molecule has 0 fully saturated rings. The lowest BCUT2D eigenvalue weighted by Crippen LogP contribution is -2.11. The Morgan fingerprint density at radius 2 is 1.86 bits per heavy atom. The van der Waals surface area contributed by atoms with Gasteiger partial charge in [0.15, 0.2) is 0 Å². The van der Waals surface area contributed by atoms with E-state index in [1.165, 1.54) is 11.3 Å². The maximum absolute atomic E-state index is 11.5. The van der Waals surface area contributed by atoms with Gasteiger partial charge in [0.25, 0.3) is 5.91 Å². The molecule has 21 heavy (non-hydrogen) atoms. The van der Waals surface area contributed by atoms with E-state index in [-0.39, 0.29) is 0 Å². The number of hydrogen-bond acceptors (Lipinski definition) is 4. The molecule has 110 valence electrons. The van der Waals surface area contributed by atoms with Crippen LogP contribution in [0.5, 0.6) is 0 Å². The lowest BCUT2D eigenvalue weighted by atomic mass is 10.1. The van der Waals surface area contributed by atoms with Crippen molar-refractivity contribution in [2.45, 2.75) is 13.8 Å². The lowest BCUT2D eigenvalue weighted by molar-refractivity contribution is 0.100. The molecule has 0 saturated heterocycles. The SMILES string of the molecule is Cc1sc(N=Cc2ccc(N(C)C)cc2)c(C(N)=O)c1C. The molecule has 0 aliphatic carbocycles. The number of carbonyl (C=O) groups is 1. The Bertz CT molecular complexity index is 684. The number of nitrogens with two attached hydrogens (primary N) is 1. The first-order valence-corrected chi connectivity index (χ1v) is 7.43. The van der Waals surface area contributed by atoms with E-state index in [0.29, 0.717) is 10.6 Å². The topological polar surface area (TPSA) is 58.7 Å². The van der Waals surface area contributed by atoms with Crippen molar-refractivity contribution in [2.24, 2.45) is 10.7 Å². The van der Waals surface area contributed by atoms with Crippen LogP contribution in [0.4, 0.5) is 10.7 Å². The van der Waals surface area contributed by atoms with Gasteiger partial charge in [-0.25, -0.2) is 4.99 Å². The molecular weight excluding hydrogens is 282 g/mol. The number of thiophene rings is 1. The molecule has 0 atom stereocenters. The zero-order valence-corrected chi connectivity index (χ0v) is 13.5. The van der Waals surface area contributed by atoms with Crippen LogP contribution in [-0.4, -0.2) is 26.2 Å². The van der Waals surface area contributed by atoms with Gasteiger partial charge in [-0.2, -0.15) is 0 Å². The van der Waals surface area contributed by atoms with Crippen molar-refractivity contribution < 1.29 is 4.79 Å². The third-order valence-corrected chi connectivity index (χ3v) is 4.47. The van der Waals surface area contributed by atoms with Crippen LogP contribution in [0.15, 0.2) is 29.3 Å². The molecule has 4 nitrogen and oxygen atoms in total. The van der Waals surface area contributed by atoms with E-state index in [1.54, 1.807) is 6.21 Å². The summed E-state index contributed by atoms with van der Waals surface area (Å²) in [6, 6.07) is 8.05. The molecule has 2 rings (SSSR count). The monoisotopic (exact) mass is 301 g/mol. The van der Waals surface area contributed by atoms with E-state index in [0.717, 1.165) is 21.7 Å². The maximum atomic E-state index is 11.5. The molecule has 0 radical (unpaired) electrons. The van der Waals surface area contributed by atoms with Crippen LogP contribution in [0.1, 0.15) is 26.4 Å². The summed E-state index contributed by atoms with van der Waals surface area (Å²) in [5.41, 5.74) is 9.00. The molecule has 0 aliphatic rings. The third kappa shape index (κ3) is 3.31. The normalized spacial score (nSPS) is 11.0. The van der Waals surface area contributed by atoms with Gasteiger partial charge in [-0.1, -0.05) is 12.1 Å². The van der Waals surface area contributed by atoms with Crippen molar-refractivity contribution in [2.75, 3.05) is 19.0 Å². The molecule has 0 saturated carbocycles. The fraction of sp³-hybridized carbons (Fsp3) is 0.250. The average Bonchev–Trinajstić information content (AvgIpc) is 2.72.